The summed E-state index contributed by atoms with van der Waals surface area (Å²) in [5, 5.41) is 3.61. The monoisotopic (exact) mass is 278 g/mol. The van der Waals surface area contributed by atoms with Crippen molar-refractivity contribution in [1.82, 2.24) is 5.32 Å². The largest absolute Gasteiger partial charge is 0.382 e. The molecule has 2 rings (SSSR count). The summed E-state index contributed by atoms with van der Waals surface area (Å²) in [7, 11) is 1.69. The van der Waals surface area contributed by atoms with Gasteiger partial charge in [0.05, 0.1) is 13.2 Å². The molecule has 2 unspecified atom stereocenters. The first-order chi connectivity index (χ1) is 9.83. The Morgan fingerprint density at radius 2 is 1.95 bits per heavy atom. The second-order valence-corrected chi connectivity index (χ2v) is 5.29. The minimum atomic E-state index is 0.182. The molecule has 4 nitrogen and oxygen atoms in total. The number of hydrogen-bond acceptors (Lipinski definition) is 4. The summed E-state index contributed by atoms with van der Waals surface area (Å²) >= 11 is 0. The van der Waals surface area contributed by atoms with Gasteiger partial charge in [-0.25, -0.2) is 0 Å². The number of rotatable bonds is 9. The minimum Gasteiger partial charge on any atom is -0.382 e. The molecule has 0 bridgehead atoms. The van der Waals surface area contributed by atoms with E-state index in [-0.39, 0.29) is 6.04 Å². The summed E-state index contributed by atoms with van der Waals surface area (Å²) in [5.74, 6) is 0. The van der Waals surface area contributed by atoms with Gasteiger partial charge in [-0.2, -0.15) is 0 Å². The molecule has 0 fully saturated rings. The van der Waals surface area contributed by atoms with E-state index < -0.39 is 0 Å². The van der Waals surface area contributed by atoms with Crippen LogP contribution in [0, 0.1) is 0 Å². The Kier molecular flexibility index (Phi) is 6.47. The zero-order valence-electron chi connectivity index (χ0n) is 12.3. The molecule has 0 amide bonds. The van der Waals surface area contributed by atoms with Gasteiger partial charge >= 0.3 is 0 Å². The fourth-order valence-electron chi connectivity index (χ4n) is 2.72. The van der Waals surface area contributed by atoms with Gasteiger partial charge in [0, 0.05) is 25.8 Å². The van der Waals surface area contributed by atoms with Gasteiger partial charge in [0.15, 0.2) is 0 Å². The fourth-order valence-corrected chi connectivity index (χ4v) is 2.72. The Hall–Kier alpha value is -0.940. The van der Waals surface area contributed by atoms with Gasteiger partial charge in [0.25, 0.3) is 0 Å². The average Bonchev–Trinajstić information content (AvgIpc) is 2.79. The summed E-state index contributed by atoms with van der Waals surface area (Å²) in [4.78, 5) is 0. The number of methoxy groups -OCH3 is 1. The molecule has 0 radical (unpaired) electrons. The molecule has 1 aromatic carbocycles. The summed E-state index contributed by atoms with van der Waals surface area (Å²) in [6.07, 6.45) is 3.21. The van der Waals surface area contributed by atoms with Crippen LogP contribution in [-0.4, -0.2) is 33.5 Å². The van der Waals surface area contributed by atoms with Gasteiger partial charge in [-0.05, 0) is 36.9 Å². The number of hydrogen-bond donors (Lipinski definition) is 2. The molecule has 4 heteroatoms. The summed E-state index contributed by atoms with van der Waals surface area (Å²) in [6, 6.07) is 9.09. The Morgan fingerprint density at radius 3 is 2.75 bits per heavy atom. The molecule has 112 valence electrons. The second kappa shape index (κ2) is 8.37. The Bertz CT molecular complexity index is 398. The van der Waals surface area contributed by atoms with Crippen LogP contribution in [0.4, 0.5) is 0 Å². The van der Waals surface area contributed by atoms with Crippen molar-refractivity contribution in [3.8, 4) is 0 Å². The molecule has 0 saturated heterocycles. The predicted octanol–water partition coefficient (Wildman–Crippen LogP) is 2.16. The van der Waals surface area contributed by atoms with E-state index in [9.17, 15) is 0 Å². The van der Waals surface area contributed by atoms with Gasteiger partial charge in [-0.15, -0.1) is 0 Å². The maximum absolute atomic E-state index is 6.16. The number of ether oxygens (including phenoxy) is 2. The lowest BCUT2D eigenvalue weighted by Crippen LogP contribution is -2.21. The molecule has 1 aliphatic rings. The summed E-state index contributed by atoms with van der Waals surface area (Å²) in [6.45, 7) is 3.19. The van der Waals surface area contributed by atoms with E-state index in [0.29, 0.717) is 19.3 Å². The van der Waals surface area contributed by atoms with Crippen molar-refractivity contribution in [2.24, 2.45) is 5.73 Å². The van der Waals surface area contributed by atoms with E-state index >= 15 is 0 Å². The number of unbranched alkanes of at least 4 members (excludes halogenated alkanes) is 1. The first-order valence-corrected chi connectivity index (χ1v) is 7.47. The van der Waals surface area contributed by atoms with Gasteiger partial charge in [-0.1, -0.05) is 24.3 Å². The standard InChI is InChI=1S/C16H26N2O2/c1-19-10-11-20-9-5-4-8-18-16-12-15(17)13-6-2-3-7-14(13)16/h2-3,6-7,15-16,18H,4-5,8-12,17H2,1H3. The van der Waals surface area contributed by atoms with E-state index in [4.69, 9.17) is 15.2 Å². The van der Waals surface area contributed by atoms with Crippen molar-refractivity contribution in [3.05, 3.63) is 35.4 Å². The van der Waals surface area contributed by atoms with Gasteiger partial charge in [0.2, 0.25) is 0 Å². The van der Waals surface area contributed by atoms with Crippen LogP contribution in [0.15, 0.2) is 24.3 Å². The van der Waals surface area contributed by atoms with Crippen molar-refractivity contribution in [2.45, 2.75) is 31.3 Å². The summed E-state index contributed by atoms with van der Waals surface area (Å²) in [5.41, 5.74) is 8.83. The van der Waals surface area contributed by atoms with Crippen LogP contribution in [-0.2, 0) is 9.47 Å². The highest BCUT2D eigenvalue weighted by Gasteiger charge is 2.27. The lowest BCUT2D eigenvalue weighted by molar-refractivity contribution is 0.0687. The van der Waals surface area contributed by atoms with Crippen LogP contribution in [0.5, 0.6) is 0 Å². The summed E-state index contributed by atoms with van der Waals surface area (Å²) < 4.78 is 10.4. The van der Waals surface area contributed by atoms with E-state index in [0.717, 1.165) is 32.4 Å². The molecule has 20 heavy (non-hydrogen) atoms. The molecule has 1 aromatic rings. The highest BCUT2D eigenvalue weighted by Crippen LogP contribution is 2.36. The maximum atomic E-state index is 6.16. The Balaban J connectivity index is 1.61. The third-order valence-corrected chi connectivity index (χ3v) is 3.80. The van der Waals surface area contributed by atoms with Crippen LogP contribution >= 0.6 is 0 Å². The molecule has 0 heterocycles. The van der Waals surface area contributed by atoms with Crippen LogP contribution in [0.2, 0.25) is 0 Å². The van der Waals surface area contributed by atoms with Gasteiger partial charge < -0.3 is 20.5 Å². The molecule has 0 aromatic heterocycles. The lowest BCUT2D eigenvalue weighted by atomic mass is 10.1. The number of benzene rings is 1. The molecule has 0 spiro atoms. The quantitative estimate of drug-likeness (QED) is 0.680. The number of nitrogens with two attached hydrogens (primary N) is 1. The van der Waals surface area contributed by atoms with E-state index in [1.54, 1.807) is 7.11 Å². The van der Waals surface area contributed by atoms with Crippen molar-refractivity contribution < 1.29 is 9.47 Å². The Labute approximate surface area is 121 Å². The van der Waals surface area contributed by atoms with E-state index in [1.165, 1.54) is 11.1 Å². The SMILES string of the molecule is COCCOCCCCNC1CC(N)c2ccccc21. The van der Waals surface area contributed by atoms with Crippen molar-refractivity contribution in [2.75, 3.05) is 33.5 Å². The normalized spacial score (nSPS) is 21.1. The first kappa shape index (κ1) is 15.4. The minimum absolute atomic E-state index is 0.182. The average molecular weight is 278 g/mol. The molecule has 0 aliphatic heterocycles. The molecule has 2 atom stereocenters. The Morgan fingerprint density at radius 1 is 1.15 bits per heavy atom. The lowest BCUT2D eigenvalue weighted by Gasteiger charge is -2.14. The van der Waals surface area contributed by atoms with E-state index in [1.807, 2.05) is 0 Å². The van der Waals surface area contributed by atoms with Crippen LogP contribution < -0.4 is 11.1 Å². The highest BCUT2D eigenvalue weighted by atomic mass is 16.5. The molecule has 0 saturated carbocycles. The molecular weight excluding hydrogens is 252 g/mol. The van der Waals surface area contributed by atoms with E-state index in [2.05, 4.69) is 29.6 Å². The van der Waals surface area contributed by atoms with Crippen molar-refractivity contribution in [1.29, 1.82) is 0 Å². The molecule has 3 N–H and O–H groups in total. The zero-order valence-corrected chi connectivity index (χ0v) is 12.3. The fraction of sp³-hybridized carbons (Fsp3) is 0.625. The molecular formula is C16H26N2O2. The second-order valence-electron chi connectivity index (χ2n) is 5.29. The highest BCUT2D eigenvalue weighted by molar-refractivity contribution is 5.37. The number of fused-ring (bicyclic) bond motifs is 1. The van der Waals surface area contributed by atoms with Crippen molar-refractivity contribution in [3.63, 3.8) is 0 Å². The predicted molar refractivity (Wildman–Crippen MR) is 80.7 cm³/mol. The van der Waals surface area contributed by atoms with Crippen LogP contribution in [0.25, 0.3) is 0 Å². The van der Waals surface area contributed by atoms with Gasteiger partial charge in [0.1, 0.15) is 0 Å². The zero-order chi connectivity index (χ0) is 14.2. The first-order valence-electron chi connectivity index (χ1n) is 7.47. The molecule has 1 aliphatic carbocycles. The van der Waals surface area contributed by atoms with Crippen LogP contribution in [0.3, 0.4) is 0 Å². The third kappa shape index (κ3) is 4.28. The topological polar surface area (TPSA) is 56.5 Å². The smallest absolute Gasteiger partial charge is 0.0700 e. The van der Waals surface area contributed by atoms with Gasteiger partial charge in [-0.3, -0.25) is 0 Å². The maximum Gasteiger partial charge on any atom is 0.0700 e. The van der Waals surface area contributed by atoms with Crippen molar-refractivity contribution >= 4 is 0 Å². The third-order valence-electron chi connectivity index (χ3n) is 3.80. The van der Waals surface area contributed by atoms with Crippen LogP contribution in [0.1, 0.15) is 42.5 Å². The number of nitrogens with one attached hydrogen (secondary N) is 1.